The predicted octanol–water partition coefficient (Wildman–Crippen LogP) is 3.72. The van der Waals surface area contributed by atoms with E-state index in [1.165, 1.54) is 12.1 Å². The number of benzene rings is 1. The molecule has 0 heterocycles. The van der Waals surface area contributed by atoms with Crippen LogP contribution >= 0.6 is 0 Å². The van der Waals surface area contributed by atoms with Crippen molar-refractivity contribution in [3.8, 4) is 0 Å². The zero-order valence-corrected chi connectivity index (χ0v) is 16.4. The third kappa shape index (κ3) is 6.60. The monoisotopic (exact) mass is 380 g/mol. The lowest BCUT2D eigenvalue weighted by molar-refractivity contribution is -0.135. The van der Waals surface area contributed by atoms with E-state index in [1.54, 1.807) is 0 Å². The Morgan fingerprint density at radius 2 is 1.74 bits per heavy atom. The summed E-state index contributed by atoms with van der Waals surface area (Å²) in [6.07, 6.45) is 4.44. The first-order chi connectivity index (χ1) is 12.5. The summed E-state index contributed by atoms with van der Waals surface area (Å²) in [5, 5.41) is 2.96. The van der Waals surface area contributed by atoms with Crippen LogP contribution in [0.5, 0.6) is 0 Å². The van der Waals surface area contributed by atoms with Gasteiger partial charge in [-0.25, -0.2) is 8.78 Å². The molecule has 2 unspecified atom stereocenters. The van der Waals surface area contributed by atoms with Crippen LogP contribution in [0.4, 0.5) is 8.78 Å². The van der Waals surface area contributed by atoms with Gasteiger partial charge in [0.05, 0.1) is 0 Å². The van der Waals surface area contributed by atoms with Crippen molar-refractivity contribution in [3.63, 3.8) is 0 Å². The molecule has 0 radical (unpaired) electrons. The molecule has 6 heteroatoms. The Morgan fingerprint density at radius 3 is 2.19 bits per heavy atom. The second-order valence-electron chi connectivity index (χ2n) is 8.70. The van der Waals surface area contributed by atoms with Crippen LogP contribution < -0.4 is 11.1 Å². The van der Waals surface area contributed by atoms with E-state index in [9.17, 15) is 18.4 Å². The molecule has 0 saturated heterocycles. The number of nitrogens with two attached hydrogens (primary N) is 1. The molecule has 0 bridgehead atoms. The minimum absolute atomic E-state index is 0.177. The number of aryl methyl sites for hydroxylation is 1. The van der Waals surface area contributed by atoms with Crippen molar-refractivity contribution in [3.05, 3.63) is 35.4 Å². The minimum Gasteiger partial charge on any atom is -0.369 e. The molecule has 1 aromatic carbocycles. The van der Waals surface area contributed by atoms with Crippen molar-refractivity contribution in [2.75, 3.05) is 0 Å². The molecule has 4 nitrogen and oxygen atoms in total. The second-order valence-corrected chi connectivity index (χ2v) is 8.70. The van der Waals surface area contributed by atoms with Gasteiger partial charge in [-0.05, 0) is 63.6 Å². The summed E-state index contributed by atoms with van der Waals surface area (Å²) < 4.78 is 26.8. The number of hydrogen-bond donors (Lipinski definition) is 2. The van der Waals surface area contributed by atoms with Gasteiger partial charge in [0.25, 0.3) is 0 Å². The second kappa shape index (κ2) is 8.81. The van der Waals surface area contributed by atoms with Crippen LogP contribution in [0.25, 0.3) is 0 Å². The van der Waals surface area contributed by atoms with E-state index in [4.69, 9.17) is 5.73 Å². The molecule has 0 spiro atoms. The van der Waals surface area contributed by atoms with E-state index in [1.807, 2.05) is 20.8 Å². The van der Waals surface area contributed by atoms with Crippen molar-refractivity contribution >= 4 is 11.8 Å². The highest BCUT2D eigenvalue weighted by Crippen LogP contribution is 2.36. The van der Waals surface area contributed by atoms with E-state index < -0.39 is 34.9 Å². The van der Waals surface area contributed by atoms with Gasteiger partial charge in [-0.15, -0.1) is 0 Å². The summed E-state index contributed by atoms with van der Waals surface area (Å²) in [7, 11) is 0. The fourth-order valence-corrected chi connectivity index (χ4v) is 3.62. The van der Waals surface area contributed by atoms with E-state index in [2.05, 4.69) is 5.32 Å². The van der Waals surface area contributed by atoms with E-state index >= 15 is 0 Å². The standard InChI is InChI=1S/C21H30F2N2O2/c1-21(2,3)25-20(27)18(11-13-5-4-6-13)17(19(24)26)8-7-14-9-15(22)12-16(23)10-14/h9-10,12-13,17-18H,4-8,11H2,1-3H3,(H2,24,26)(H,25,27). The summed E-state index contributed by atoms with van der Waals surface area (Å²) in [4.78, 5) is 25.0. The number of primary amides is 1. The van der Waals surface area contributed by atoms with Crippen LogP contribution in [-0.2, 0) is 16.0 Å². The molecule has 1 aliphatic carbocycles. The first-order valence-corrected chi connectivity index (χ1v) is 9.61. The number of carbonyl (C=O) groups excluding carboxylic acids is 2. The van der Waals surface area contributed by atoms with Gasteiger partial charge >= 0.3 is 0 Å². The first-order valence-electron chi connectivity index (χ1n) is 9.61. The molecule has 2 amide bonds. The van der Waals surface area contributed by atoms with Gasteiger partial charge in [0, 0.05) is 23.4 Å². The summed E-state index contributed by atoms with van der Waals surface area (Å²) >= 11 is 0. The maximum atomic E-state index is 13.4. The zero-order chi connectivity index (χ0) is 20.2. The van der Waals surface area contributed by atoms with E-state index in [0.29, 0.717) is 17.9 Å². The van der Waals surface area contributed by atoms with Crippen molar-refractivity contribution in [1.29, 1.82) is 0 Å². The topological polar surface area (TPSA) is 72.2 Å². The van der Waals surface area contributed by atoms with Gasteiger partial charge in [0.2, 0.25) is 11.8 Å². The Labute approximate surface area is 159 Å². The number of nitrogens with one attached hydrogen (secondary N) is 1. The fourth-order valence-electron chi connectivity index (χ4n) is 3.62. The van der Waals surface area contributed by atoms with E-state index in [-0.39, 0.29) is 18.7 Å². The van der Waals surface area contributed by atoms with Crippen molar-refractivity contribution in [1.82, 2.24) is 5.32 Å². The largest absolute Gasteiger partial charge is 0.369 e. The molecule has 3 N–H and O–H groups in total. The van der Waals surface area contributed by atoms with E-state index in [0.717, 1.165) is 25.3 Å². The number of rotatable bonds is 8. The van der Waals surface area contributed by atoms with Crippen LogP contribution in [0.2, 0.25) is 0 Å². The molecule has 1 fully saturated rings. The Hall–Kier alpha value is -1.98. The van der Waals surface area contributed by atoms with Crippen LogP contribution in [-0.4, -0.2) is 17.4 Å². The van der Waals surface area contributed by atoms with Gasteiger partial charge in [-0.2, -0.15) is 0 Å². The van der Waals surface area contributed by atoms with Crippen molar-refractivity contribution in [2.45, 2.75) is 64.8 Å². The molecule has 1 aliphatic rings. The van der Waals surface area contributed by atoms with Crippen LogP contribution in [0, 0.1) is 29.4 Å². The maximum Gasteiger partial charge on any atom is 0.224 e. The van der Waals surface area contributed by atoms with Gasteiger partial charge in [-0.3, -0.25) is 9.59 Å². The normalized spacial score (nSPS) is 17.1. The van der Waals surface area contributed by atoms with Gasteiger partial charge < -0.3 is 11.1 Å². The summed E-state index contributed by atoms with van der Waals surface area (Å²) in [6, 6.07) is 3.31. The first kappa shape index (κ1) is 21.3. The van der Waals surface area contributed by atoms with Gasteiger partial charge in [0.1, 0.15) is 11.6 Å². The van der Waals surface area contributed by atoms with Crippen molar-refractivity contribution in [2.24, 2.45) is 23.5 Å². The Bertz CT molecular complexity index is 661. The SMILES string of the molecule is CC(C)(C)NC(=O)C(CC1CCC1)C(CCc1cc(F)cc(F)c1)C(N)=O. The average Bonchev–Trinajstić information content (AvgIpc) is 2.45. The van der Waals surface area contributed by atoms with Crippen molar-refractivity contribution < 1.29 is 18.4 Å². The Kier molecular flexibility index (Phi) is 6.95. The lowest BCUT2D eigenvalue weighted by atomic mass is 9.73. The Morgan fingerprint density at radius 1 is 1.15 bits per heavy atom. The highest BCUT2D eigenvalue weighted by molar-refractivity contribution is 5.87. The van der Waals surface area contributed by atoms with Crippen LogP contribution in [0.1, 0.15) is 58.4 Å². The molecule has 27 heavy (non-hydrogen) atoms. The zero-order valence-electron chi connectivity index (χ0n) is 16.4. The Balaban J connectivity index is 2.15. The lowest BCUT2D eigenvalue weighted by Crippen LogP contribution is -2.48. The van der Waals surface area contributed by atoms with Crippen LogP contribution in [0.3, 0.4) is 0 Å². The fraction of sp³-hybridized carbons (Fsp3) is 0.619. The lowest BCUT2D eigenvalue weighted by Gasteiger charge is -2.34. The summed E-state index contributed by atoms with van der Waals surface area (Å²) in [5.41, 5.74) is 5.67. The number of carbonyl (C=O) groups is 2. The quantitative estimate of drug-likeness (QED) is 0.721. The molecule has 150 valence electrons. The highest BCUT2D eigenvalue weighted by atomic mass is 19.1. The smallest absolute Gasteiger partial charge is 0.224 e. The average molecular weight is 380 g/mol. The molecule has 1 aromatic rings. The predicted molar refractivity (Wildman–Crippen MR) is 101 cm³/mol. The number of amides is 2. The number of halogens is 2. The highest BCUT2D eigenvalue weighted by Gasteiger charge is 2.36. The van der Waals surface area contributed by atoms with Gasteiger partial charge in [0.15, 0.2) is 0 Å². The summed E-state index contributed by atoms with van der Waals surface area (Å²) in [6.45, 7) is 5.67. The molecular formula is C21H30F2N2O2. The number of hydrogen-bond acceptors (Lipinski definition) is 2. The third-order valence-electron chi connectivity index (χ3n) is 5.16. The van der Waals surface area contributed by atoms with Gasteiger partial charge in [-0.1, -0.05) is 19.3 Å². The van der Waals surface area contributed by atoms with Crippen LogP contribution in [0.15, 0.2) is 18.2 Å². The molecule has 2 rings (SSSR count). The molecule has 1 saturated carbocycles. The molecule has 0 aromatic heterocycles. The minimum atomic E-state index is -0.667. The molecular weight excluding hydrogens is 350 g/mol. The molecule has 2 atom stereocenters. The third-order valence-corrected chi connectivity index (χ3v) is 5.16. The maximum absolute atomic E-state index is 13.4. The molecule has 0 aliphatic heterocycles. The summed E-state index contributed by atoms with van der Waals surface area (Å²) in [5.74, 6) is -2.79.